The molecule has 0 atom stereocenters. The van der Waals surface area contributed by atoms with Crippen molar-refractivity contribution in [1.82, 2.24) is 4.98 Å². The molecule has 0 saturated heterocycles. The lowest BCUT2D eigenvalue weighted by atomic mass is 10.2. The maximum atomic E-state index is 13.4. The molecule has 0 N–H and O–H groups in total. The molecule has 0 aliphatic carbocycles. The van der Waals surface area contributed by atoms with Crippen molar-refractivity contribution in [2.24, 2.45) is 0 Å². The van der Waals surface area contributed by atoms with Gasteiger partial charge in [0.25, 0.3) is 0 Å². The first kappa shape index (κ1) is 25.6. The molecule has 5 nitrogen and oxygen atoms in total. The number of nitrogens with zero attached hydrogens (tertiary/aromatic N) is 3. The van der Waals surface area contributed by atoms with Crippen LogP contribution in [0.5, 0.6) is 0 Å². The highest BCUT2D eigenvalue weighted by Crippen LogP contribution is 2.36. The second kappa shape index (κ2) is 11.0. The Bertz CT molecular complexity index is 1490. The van der Waals surface area contributed by atoms with E-state index < -0.39 is 9.84 Å². The van der Waals surface area contributed by atoms with Crippen LogP contribution in [0.25, 0.3) is 11.4 Å². The van der Waals surface area contributed by atoms with E-state index in [1.165, 1.54) is 11.5 Å². The molecular formula is C28H24ClN3O2S2. The van der Waals surface area contributed by atoms with Gasteiger partial charge in [0, 0.05) is 0 Å². The van der Waals surface area contributed by atoms with E-state index in [-0.39, 0.29) is 18.3 Å². The van der Waals surface area contributed by atoms with Gasteiger partial charge in [0.05, 0.1) is 21.8 Å². The van der Waals surface area contributed by atoms with Crippen LogP contribution in [0.3, 0.4) is 0 Å². The van der Waals surface area contributed by atoms with Crippen molar-refractivity contribution >= 4 is 37.9 Å². The molecule has 182 valence electrons. The molecule has 1 heterocycles. The molecule has 0 aliphatic rings. The molecule has 5 rings (SSSR count). The van der Waals surface area contributed by atoms with Gasteiger partial charge in [0.15, 0.2) is 0 Å². The van der Waals surface area contributed by atoms with E-state index in [2.05, 4.69) is 0 Å². The van der Waals surface area contributed by atoms with Crippen molar-refractivity contribution in [2.75, 3.05) is 4.90 Å². The summed E-state index contributed by atoms with van der Waals surface area (Å²) in [6, 6.07) is 36.6. The third-order valence-electron chi connectivity index (χ3n) is 5.55. The highest BCUT2D eigenvalue weighted by molar-refractivity contribution is 7.90. The average Bonchev–Trinajstić information content (AvgIpc) is 3.28. The quantitative estimate of drug-likeness (QED) is 0.301. The van der Waals surface area contributed by atoms with E-state index in [1.54, 1.807) is 16.1 Å². The van der Waals surface area contributed by atoms with Gasteiger partial charge >= 0.3 is 11.0 Å². The van der Waals surface area contributed by atoms with Gasteiger partial charge in [0.1, 0.15) is 11.5 Å². The number of rotatable bonds is 7. The van der Waals surface area contributed by atoms with E-state index in [9.17, 15) is 8.42 Å². The predicted molar refractivity (Wildman–Crippen MR) is 141 cm³/mol. The van der Waals surface area contributed by atoms with Crippen LogP contribution in [-0.2, 0) is 15.7 Å². The summed E-state index contributed by atoms with van der Waals surface area (Å²) >= 11 is 1.33. The largest absolute Gasteiger partial charge is 1.00 e. The summed E-state index contributed by atoms with van der Waals surface area (Å²) < 4.78 is 28.5. The average molecular weight is 534 g/mol. The number of anilines is 3. The van der Waals surface area contributed by atoms with Crippen LogP contribution in [0.4, 0.5) is 16.5 Å². The SMILES string of the molecule is Cc1ccc(S(=O)(=O)C[n+]2sc(N(c3ccccc3)c3ccccc3)nc2-c2ccccc2)cc1.[Cl-]. The van der Waals surface area contributed by atoms with Crippen LogP contribution in [0.1, 0.15) is 5.56 Å². The summed E-state index contributed by atoms with van der Waals surface area (Å²) in [5, 5.41) is 0.681. The number of halogens is 1. The zero-order valence-electron chi connectivity index (χ0n) is 19.5. The molecule has 36 heavy (non-hydrogen) atoms. The minimum absolute atomic E-state index is 0. The molecule has 4 aromatic carbocycles. The van der Waals surface area contributed by atoms with Gasteiger partial charge in [0.2, 0.25) is 15.7 Å². The fraction of sp³-hybridized carbons (Fsp3) is 0.0714. The lowest BCUT2D eigenvalue weighted by Crippen LogP contribution is -3.00. The van der Waals surface area contributed by atoms with Gasteiger partial charge in [-0.1, -0.05) is 72.3 Å². The van der Waals surface area contributed by atoms with Gasteiger partial charge in [-0.2, -0.15) is 3.96 Å². The molecule has 5 aromatic rings. The Balaban J connectivity index is 0.00000304. The summed E-state index contributed by atoms with van der Waals surface area (Å²) in [4.78, 5) is 7.31. The molecule has 0 aliphatic heterocycles. The molecule has 0 unspecified atom stereocenters. The highest BCUT2D eigenvalue weighted by atomic mass is 35.5. The van der Waals surface area contributed by atoms with Gasteiger partial charge < -0.3 is 12.4 Å². The lowest BCUT2D eigenvalue weighted by Gasteiger charge is -2.18. The molecule has 0 radical (unpaired) electrons. The van der Waals surface area contributed by atoms with Crippen LogP contribution in [-0.4, -0.2) is 13.4 Å². The first-order valence-corrected chi connectivity index (χ1v) is 13.6. The Hall–Kier alpha value is -3.52. The molecule has 0 amide bonds. The van der Waals surface area contributed by atoms with Crippen LogP contribution < -0.4 is 21.3 Å². The molecule has 8 heteroatoms. The lowest BCUT2D eigenvalue weighted by molar-refractivity contribution is -0.597. The van der Waals surface area contributed by atoms with Gasteiger partial charge in [-0.25, -0.2) is 8.42 Å². The number of aryl methyl sites for hydroxylation is 1. The maximum absolute atomic E-state index is 13.4. The second-order valence-corrected chi connectivity index (χ2v) is 11.1. The third kappa shape index (κ3) is 5.49. The van der Waals surface area contributed by atoms with E-state index in [0.29, 0.717) is 15.9 Å². The molecule has 0 spiro atoms. The second-order valence-electron chi connectivity index (χ2n) is 8.12. The van der Waals surface area contributed by atoms with Crippen molar-refractivity contribution in [2.45, 2.75) is 17.7 Å². The zero-order chi connectivity index (χ0) is 24.3. The van der Waals surface area contributed by atoms with Crippen LogP contribution in [0, 0.1) is 6.92 Å². The van der Waals surface area contributed by atoms with Crippen molar-refractivity contribution < 1.29 is 24.8 Å². The normalized spacial score (nSPS) is 11.0. The Morgan fingerprint density at radius 3 is 1.78 bits per heavy atom. The van der Waals surface area contributed by atoms with E-state index in [1.807, 2.05) is 115 Å². The van der Waals surface area contributed by atoms with Crippen LogP contribution >= 0.6 is 11.5 Å². The predicted octanol–water partition coefficient (Wildman–Crippen LogP) is 3.31. The maximum Gasteiger partial charge on any atom is 0.346 e. The third-order valence-corrected chi connectivity index (χ3v) is 8.26. The standard InChI is InChI=1S/C28H24N3O2S2.ClH/c1-22-17-19-26(20-18-22)35(32,33)21-30-27(23-11-5-2-6-12-23)29-28(34-30)31(24-13-7-3-8-14-24)25-15-9-4-10-16-25;/h2-20H,21H2,1H3;1H/q+1;/p-1. The summed E-state index contributed by atoms with van der Waals surface area (Å²) in [7, 11) is -3.59. The monoisotopic (exact) mass is 533 g/mol. The number of aromatic nitrogens is 2. The molecule has 0 bridgehead atoms. The minimum Gasteiger partial charge on any atom is -1.00 e. The molecule has 1 aromatic heterocycles. The topological polar surface area (TPSA) is 54.2 Å². The minimum atomic E-state index is -3.59. The molecule has 0 fully saturated rings. The Morgan fingerprint density at radius 1 is 0.750 bits per heavy atom. The van der Waals surface area contributed by atoms with Crippen molar-refractivity contribution in [3.63, 3.8) is 0 Å². The van der Waals surface area contributed by atoms with Crippen LogP contribution in [0.15, 0.2) is 120 Å². The van der Waals surface area contributed by atoms with Crippen molar-refractivity contribution in [3.05, 3.63) is 121 Å². The summed E-state index contributed by atoms with van der Waals surface area (Å²) in [6.45, 7) is 1.94. The fourth-order valence-corrected chi connectivity index (χ4v) is 6.39. The van der Waals surface area contributed by atoms with Gasteiger partial charge in [-0.15, -0.1) is 0 Å². The molecular weight excluding hydrogens is 510 g/mol. The number of hydrogen-bond acceptors (Lipinski definition) is 5. The first-order valence-electron chi connectivity index (χ1n) is 11.2. The number of benzene rings is 4. The Kier molecular flexibility index (Phi) is 7.84. The van der Waals surface area contributed by atoms with Gasteiger partial charge in [-0.3, -0.25) is 4.90 Å². The van der Waals surface area contributed by atoms with Gasteiger partial charge in [-0.05, 0) is 60.4 Å². The summed E-state index contributed by atoms with van der Waals surface area (Å²) in [5.41, 5.74) is 3.76. The smallest absolute Gasteiger partial charge is 0.346 e. The fourth-order valence-electron chi connectivity index (χ4n) is 3.78. The van der Waals surface area contributed by atoms with Crippen LogP contribution in [0.2, 0.25) is 0 Å². The Morgan fingerprint density at radius 2 is 1.25 bits per heavy atom. The summed E-state index contributed by atoms with van der Waals surface area (Å²) in [5.74, 6) is 0.410. The van der Waals surface area contributed by atoms with E-state index in [4.69, 9.17) is 4.98 Å². The molecule has 0 saturated carbocycles. The Labute approximate surface area is 221 Å². The number of hydrogen-bond donors (Lipinski definition) is 0. The van der Waals surface area contributed by atoms with E-state index in [0.717, 1.165) is 22.5 Å². The number of para-hydroxylation sites is 2. The van der Waals surface area contributed by atoms with E-state index >= 15 is 0 Å². The highest BCUT2D eigenvalue weighted by Gasteiger charge is 2.31. The van der Waals surface area contributed by atoms with Crippen molar-refractivity contribution in [1.29, 1.82) is 0 Å². The van der Waals surface area contributed by atoms with Crippen molar-refractivity contribution in [3.8, 4) is 11.4 Å². The first-order chi connectivity index (χ1) is 17.0. The summed E-state index contributed by atoms with van der Waals surface area (Å²) in [6.07, 6.45) is 0. The number of sulfone groups is 1. The zero-order valence-corrected chi connectivity index (χ0v) is 21.9.